The number of rotatable bonds is 5. The van der Waals surface area contributed by atoms with Crippen molar-refractivity contribution in [3.8, 4) is 5.75 Å². The van der Waals surface area contributed by atoms with E-state index in [4.69, 9.17) is 9.47 Å². The molecule has 3 heterocycles. The molecule has 1 aromatic carbocycles. The van der Waals surface area contributed by atoms with Crippen LogP contribution in [0.1, 0.15) is 24.5 Å². The number of nitrogens with zero attached hydrogens (tertiary/aromatic N) is 4. The van der Waals surface area contributed by atoms with E-state index in [1.54, 1.807) is 12.1 Å². The van der Waals surface area contributed by atoms with Crippen molar-refractivity contribution in [2.24, 2.45) is 0 Å². The number of piperazine rings is 1. The summed E-state index contributed by atoms with van der Waals surface area (Å²) in [7, 11) is 0. The third-order valence-corrected chi connectivity index (χ3v) is 5.99. The average molecular weight is 376 g/mol. The standard InChI is InChI=1S/C19H28N4O4/c1-2-20-5-7-22(8-6-20)17-3-4-21(12-17)11-15-9-18(23(24)25)10-16-13-26-14-27-19(15)16/h9-10,17H,2-8,11-14H2,1H3/t17-/m1/s1. The summed E-state index contributed by atoms with van der Waals surface area (Å²) in [6, 6.07) is 3.82. The number of fused-ring (bicyclic) bond motifs is 1. The van der Waals surface area contributed by atoms with Crippen molar-refractivity contribution < 1.29 is 14.4 Å². The molecule has 0 aliphatic carbocycles. The lowest BCUT2D eigenvalue weighted by atomic mass is 10.1. The third-order valence-electron chi connectivity index (χ3n) is 5.99. The third kappa shape index (κ3) is 4.08. The van der Waals surface area contributed by atoms with Gasteiger partial charge in [0.05, 0.1) is 11.5 Å². The molecule has 148 valence electrons. The van der Waals surface area contributed by atoms with E-state index in [2.05, 4.69) is 21.6 Å². The van der Waals surface area contributed by atoms with Gasteiger partial charge in [0.15, 0.2) is 6.79 Å². The molecule has 0 amide bonds. The molecule has 0 saturated carbocycles. The number of non-ortho nitro benzene ring substituents is 1. The first-order valence-electron chi connectivity index (χ1n) is 9.83. The van der Waals surface area contributed by atoms with Gasteiger partial charge < -0.3 is 14.4 Å². The van der Waals surface area contributed by atoms with Gasteiger partial charge in [-0.3, -0.25) is 19.9 Å². The second-order valence-corrected chi connectivity index (χ2v) is 7.61. The summed E-state index contributed by atoms with van der Waals surface area (Å²) in [6.45, 7) is 11.2. The maximum atomic E-state index is 11.3. The summed E-state index contributed by atoms with van der Waals surface area (Å²) >= 11 is 0. The van der Waals surface area contributed by atoms with Crippen LogP contribution in [0.15, 0.2) is 12.1 Å². The first kappa shape index (κ1) is 18.6. The van der Waals surface area contributed by atoms with E-state index < -0.39 is 0 Å². The van der Waals surface area contributed by atoms with Crippen molar-refractivity contribution in [2.45, 2.75) is 32.5 Å². The highest BCUT2D eigenvalue weighted by Crippen LogP contribution is 2.34. The van der Waals surface area contributed by atoms with Crippen LogP contribution in [0.25, 0.3) is 0 Å². The molecule has 8 heteroatoms. The van der Waals surface area contributed by atoms with Crippen LogP contribution in [0, 0.1) is 10.1 Å². The van der Waals surface area contributed by atoms with Crippen LogP contribution in [0.4, 0.5) is 5.69 Å². The summed E-state index contributed by atoms with van der Waals surface area (Å²) in [5, 5.41) is 11.3. The van der Waals surface area contributed by atoms with E-state index in [1.165, 1.54) is 0 Å². The Morgan fingerprint density at radius 3 is 2.74 bits per heavy atom. The van der Waals surface area contributed by atoms with Crippen LogP contribution >= 0.6 is 0 Å². The molecule has 3 aliphatic rings. The normalized spacial score (nSPS) is 24.6. The van der Waals surface area contributed by atoms with Crippen LogP contribution in [0.5, 0.6) is 5.75 Å². The molecule has 2 fully saturated rings. The molecule has 3 aliphatic heterocycles. The molecule has 1 atom stereocenters. The smallest absolute Gasteiger partial charge is 0.270 e. The Kier molecular flexibility index (Phi) is 5.58. The van der Waals surface area contributed by atoms with Crippen molar-refractivity contribution in [3.63, 3.8) is 0 Å². The largest absolute Gasteiger partial charge is 0.467 e. The van der Waals surface area contributed by atoms with E-state index in [9.17, 15) is 10.1 Å². The molecule has 2 saturated heterocycles. The van der Waals surface area contributed by atoms with Gasteiger partial charge in [-0.15, -0.1) is 0 Å². The summed E-state index contributed by atoms with van der Waals surface area (Å²) in [5.74, 6) is 0.770. The van der Waals surface area contributed by atoms with Gasteiger partial charge >= 0.3 is 0 Å². The number of benzene rings is 1. The number of likely N-dealkylation sites (tertiary alicyclic amines) is 1. The zero-order valence-corrected chi connectivity index (χ0v) is 15.9. The maximum absolute atomic E-state index is 11.3. The second kappa shape index (κ2) is 8.10. The molecule has 0 unspecified atom stereocenters. The molecular formula is C19H28N4O4. The summed E-state index contributed by atoms with van der Waals surface area (Å²) in [4.78, 5) is 18.5. The number of ether oxygens (including phenoxy) is 2. The molecule has 0 radical (unpaired) electrons. The van der Waals surface area contributed by atoms with Crippen molar-refractivity contribution in [1.29, 1.82) is 0 Å². The van der Waals surface area contributed by atoms with Crippen molar-refractivity contribution in [1.82, 2.24) is 14.7 Å². The first-order valence-corrected chi connectivity index (χ1v) is 9.83. The van der Waals surface area contributed by atoms with Crippen molar-refractivity contribution in [2.75, 3.05) is 52.6 Å². The Morgan fingerprint density at radius 2 is 2.00 bits per heavy atom. The van der Waals surface area contributed by atoms with Crippen molar-refractivity contribution >= 4 is 5.69 Å². The van der Waals surface area contributed by atoms with E-state index in [-0.39, 0.29) is 17.4 Å². The molecule has 0 bridgehead atoms. The molecule has 8 nitrogen and oxygen atoms in total. The fraction of sp³-hybridized carbons (Fsp3) is 0.684. The highest BCUT2D eigenvalue weighted by Gasteiger charge is 2.31. The summed E-state index contributed by atoms with van der Waals surface area (Å²) < 4.78 is 11.0. The van der Waals surface area contributed by atoms with E-state index >= 15 is 0 Å². The Bertz CT molecular complexity index is 691. The van der Waals surface area contributed by atoms with Gasteiger partial charge in [0.2, 0.25) is 0 Å². The van der Waals surface area contributed by atoms with Crippen LogP contribution < -0.4 is 4.74 Å². The highest BCUT2D eigenvalue weighted by atomic mass is 16.7. The lowest BCUT2D eigenvalue weighted by Crippen LogP contribution is -2.50. The molecule has 1 aromatic rings. The minimum atomic E-state index is -0.335. The monoisotopic (exact) mass is 376 g/mol. The minimum Gasteiger partial charge on any atom is -0.467 e. The lowest BCUT2D eigenvalue weighted by molar-refractivity contribution is -0.385. The molecule has 0 spiro atoms. The Morgan fingerprint density at radius 1 is 1.19 bits per heavy atom. The van der Waals surface area contributed by atoms with E-state index in [0.29, 0.717) is 19.2 Å². The Balaban J connectivity index is 1.42. The number of nitro groups is 1. The number of hydrogen-bond donors (Lipinski definition) is 0. The fourth-order valence-electron chi connectivity index (χ4n) is 4.44. The fourth-order valence-corrected chi connectivity index (χ4v) is 4.44. The van der Waals surface area contributed by atoms with Crippen LogP contribution in [0.2, 0.25) is 0 Å². The Labute approximate surface area is 159 Å². The zero-order valence-electron chi connectivity index (χ0n) is 15.9. The maximum Gasteiger partial charge on any atom is 0.270 e. The predicted molar refractivity (Wildman–Crippen MR) is 101 cm³/mol. The van der Waals surface area contributed by atoms with Crippen molar-refractivity contribution in [3.05, 3.63) is 33.4 Å². The molecular weight excluding hydrogens is 348 g/mol. The summed E-state index contributed by atoms with van der Waals surface area (Å²) in [6.07, 6.45) is 1.16. The SMILES string of the molecule is CCN1CCN([C@@H]2CCN(Cc3cc([N+](=O)[O-])cc4c3OCOC4)C2)CC1. The lowest BCUT2D eigenvalue weighted by Gasteiger charge is -2.37. The first-order chi connectivity index (χ1) is 13.1. The number of hydrogen-bond acceptors (Lipinski definition) is 7. The van der Waals surface area contributed by atoms with Gasteiger partial charge in [-0.25, -0.2) is 0 Å². The topological polar surface area (TPSA) is 71.3 Å². The summed E-state index contributed by atoms with van der Waals surface area (Å²) in [5.41, 5.74) is 1.79. The van der Waals surface area contributed by atoms with Gasteiger partial charge in [0.25, 0.3) is 5.69 Å². The van der Waals surface area contributed by atoms with E-state index in [1.807, 2.05) is 0 Å². The predicted octanol–water partition coefficient (Wildman–Crippen LogP) is 1.67. The van der Waals surface area contributed by atoms with E-state index in [0.717, 1.165) is 69.1 Å². The van der Waals surface area contributed by atoms with Crippen LogP contribution in [-0.4, -0.2) is 78.3 Å². The molecule has 4 rings (SSSR count). The second-order valence-electron chi connectivity index (χ2n) is 7.61. The molecule has 0 aromatic heterocycles. The average Bonchev–Trinajstić information content (AvgIpc) is 3.16. The van der Waals surface area contributed by atoms with Crippen LogP contribution in [0.3, 0.4) is 0 Å². The van der Waals surface area contributed by atoms with Gasteiger partial charge in [0, 0.05) is 75.1 Å². The number of likely N-dealkylation sites (N-methyl/N-ethyl adjacent to an activating group) is 1. The van der Waals surface area contributed by atoms with Gasteiger partial charge in [-0.1, -0.05) is 6.92 Å². The van der Waals surface area contributed by atoms with Gasteiger partial charge in [-0.05, 0) is 13.0 Å². The minimum absolute atomic E-state index is 0.115. The quantitative estimate of drug-likeness (QED) is 0.572. The molecule has 0 N–H and O–H groups in total. The zero-order chi connectivity index (χ0) is 18.8. The molecule has 27 heavy (non-hydrogen) atoms. The van der Waals surface area contributed by atoms with Gasteiger partial charge in [-0.2, -0.15) is 0 Å². The van der Waals surface area contributed by atoms with Crippen LogP contribution in [-0.2, 0) is 17.9 Å². The number of nitro benzene ring substituents is 1. The highest BCUT2D eigenvalue weighted by molar-refractivity contribution is 5.50. The Hall–Kier alpha value is -1.74. The van der Waals surface area contributed by atoms with Gasteiger partial charge in [0.1, 0.15) is 5.75 Å².